The predicted molar refractivity (Wildman–Crippen MR) is 95.5 cm³/mol. The van der Waals surface area contributed by atoms with Gasteiger partial charge in [-0.3, -0.25) is 14.9 Å². The van der Waals surface area contributed by atoms with Gasteiger partial charge < -0.3 is 5.32 Å². The predicted octanol–water partition coefficient (Wildman–Crippen LogP) is 2.63. The van der Waals surface area contributed by atoms with Crippen LogP contribution in [0.1, 0.15) is 23.2 Å². The average molecular weight is 375 g/mol. The zero-order valence-electron chi connectivity index (χ0n) is 13.8. The molecule has 2 aromatic carbocycles. The minimum atomic E-state index is -3.52. The quantitative estimate of drug-likeness (QED) is 0.638. The first-order valence-electron chi connectivity index (χ1n) is 8.04. The van der Waals surface area contributed by atoms with E-state index in [-0.39, 0.29) is 16.1 Å². The number of anilines is 1. The second kappa shape index (κ2) is 7.22. The Morgan fingerprint density at radius 1 is 1.04 bits per heavy atom. The second-order valence-corrected chi connectivity index (χ2v) is 7.80. The van der Waals surface area contributed by atoms with Crippen molar-refractivity contribution in [2.24, 2.45) is 0 Å². The van der Waals surface area contributed by atoms with Crippen molar-refractivity contribution < 1.29 is 18.1 Å². The van der Waals surface area contributed by atoms with Gasteiger partial charge >= 0.3 is 0 Å². The molecule has 0 radical (unpaired) electrons. The van der Waals surface area contributed by atoms with E-state index in [0.717, 1.165) is 12.8 Å². The number of carbonyl (C=O) groups is 1. The third kappa shape index (κ3) is 3.58. The highest BCUT2D eigenvalue weighted by Crippen LogP contribution is 2.23. The van der Waals surface area contributed by atoms with Crippen molar-refractivity contribution in [3.8, 4) is 0 Å². The Bertz CT molecular complexity index is 935. The number of hydrogen-bond donors (Lipinski definition) is 1. The zero-order chi connectivity index (χ0) is 18.7. The molecule has 1 amide bonds. The minimum Gasteiger partial charge on any atom is -0.322 e. The van der Waals surface area contributed by atoms with Crippen molar-refractivity contribution in [2.75, 3.05) is 18.4 Å². The van der Waals surface area contributed by atoms with Crippen molar-refractivity contribution >= 4 is 27.3 Å². The number of sulfonamides is 1. The summed E-state index contributed by atoms with van der Waals surface area (Å²) in [6, 6.07) is 11.4. The molecule has 0 aromatic heterocycles. The van der Waals surface area contributed by atoms with E-state index in [1.165, 1.54) is 52.8 Å². The largest absolute Gasteiger partial charge is 0.322 e. The maximum absolute atomic E-state index is 12.5. The number of hydrogen-bond acceptors (Lipinski definition) is 5. The summed E-state index contributed by atoms with van der Waals surface area (Å²) >= 11 is 0. The topological polar surface area (TPSA) is 110 Å². The molecule has 0 atom stereocenters. The number of benzene rings is 2. The Kier molecular flexibility index (Phi) is 5.01. The Balaban J connectivity index is 1.78. The van der Waals surface area contributed by atoms with Gasteiger partial charge in [-0.15, -0.1) is 0 Å². The van der Waals surface area contributed by atoms with Crippen LogP contribution in [0.15, 0.2) is 53.4 Å². The third-order valence-electron chi connectivity index (χ3n) is 4.16. The van der Waals surface area contributed by atoms with Crippen LogP contribution in [0.5, 0.6) is 0 Å². The van der Waals surface area contributed by atoms with Gasteiger partial charge in [0, 0.05) is 24.8 Å². The monoisotopic (exact) mass is 375 g/mol. The van der Waals surface area contributed by atoms with Crippen molar-refractivity contribution in [3.05, 3.63) is 64.2 Å². The molecule has 0 bridgehead atoms. The van der Waals surface area contributed by atoms with Crippen LogP contribution >= 0.6 is 0 Å². The first-order valence-corrected chi connectivity index (χ1v) is 9.48. The smallest absolute Gasteiger partial charge is 0.282 e. The molecule has 0 spiro atoms. The maximum atomic E-state index is 12.5. The van der Waals surface area contributed by atoms with Crippen LogP contribution in [-0.4, -0.2) is 36.6 Å². The maximum Gasteiger partial charge on any atom is 0.282 e. The van der Waals surface area contributed by atoms with E-state index < -0.39 is 20.9 Å². The van der Waals surface area contributed by atoms with Gasteiger partial charge in [0.05, 0.1) is 9.82 Å². The molecule has 1 fully saturated rings. The summed E-state index contributed by atoms with van der Waals surface area (Å²) in [5, 5.41) is 13.6. The van der Waals surface area contributed by atoms with Gasteiger partial charge in [0.25, 0.3) is 11.6 Å². The van der Waals surface area contributed by atoms with Crippen LogP contribution in [0.2, 0.25) is 0 Å². The average Bonchev–Trinajstić information content (AvgIpc) is 3.17. The Labute approximate surface area is 150 Å². The van der Waals surface area contributed by atoms with E-state index >= 15 is 0 Å². The van der Waals surface area contributed by atoms with Crippen molar-refractivity contribution in [3.63, 3.8) is 0 Å². The molecule has 26 heavy (non-hydrogen) atoms. The lowest BCUT2D eigenvalue weighted by Gasteiger charge is -2.15. The van der Waals surface area contributed by atoms with E-state index in [2.05, 4.69) is 5.32 Å². The molecule has 1 aliphatic rings. The van der Waals surface area contributed by atoms with Gasteiger partial charge in [0.2, 0.25) is 10.0 Å². The van der Waals surface area contributed by atoms with Gasteiger partial charge in [0.15, 0.2) is 0 Å². The number of carbonyl (C=O) groups excluding carboxylic acids is 1. The number of nitrogens with one attached hydrogen (secondary N) is 1. The molecule has 3 rings (SSSR count). The number of rotatable bonds is 5. The molecule has 0 saturated carbocycles. The summed E-state index contributed by atoms with van der Waals surface area (Å²) in [4.78, 5) is 22.8. The normalized spacial score (nSPS) is 14.9. The number of nitro groups is 1. The molecule has 1 N–H and O–H groups in total. The summed E-state index contributed by atoms with van der Waals surface area (Å²) < 4.78 is 26.4. The fraction of sp³-hybridized carbons (Fsp3) is 0.235. The summed E-state index contributed by atoms with van der Waals surface area (Å²) in [5.41, 5.74) is -0.00183. The fourth-order valence-electron chi connectivity index (χ4n) is 2.81. The molecular weight excluding hydrogens is 358 g/mol. The highest BCUT2D eigenvalue weighted by atomic mass is 32.2. The number of nitro benzene ring substituents is 1. The zero-order valence-corrected chi connectivity index (χ0v) is 14.6. The number of amides is 1. The Morgan fingerprint density at radius 2 is 1.65 bits per heavy atom. The summed E-state index contributed by atoms with van der Waals surface area (Å²) in [7, 11) is -3.52. The highest BCUT2D eigenvalue weighted by Gasteiger charge is 2.27. The number of nitrogens with zero attached hydrogens (tertiary/aromatic N) is 2. The molecule has 1 heterocycles. The van der Waals surface area contributed by atoms with Crippen LogP contribution in [-0.2, 0) is 10.0 Å². The lowest BCUT2D eigenvalue weighted by atomic mass is 10.1. The van der Waals surface area contributed by atoms with E-state index in [9.17, 15) is 23.3 Å². The molecule has 2 aromatic rings. The molecule has 0 unspecified atom stereocenters. The van der Waals surface area contributed by atoms with Crippen molar-refractivity contribution in [2.45, 2.75) is 17.7 Å². The molecule has 0 aliphatic carbocycles. The third-order valence-corrected chi connectivity index (χ3v) is 6.07. The summed E-state index contributed by atoms with van der Waals surface area (Å²) in [6.07, 6.45) is 1.70. The summed E-state index contributed by atoms with van der Waals surface area (Å²) in [6.45, 7) is 1.02. The van der Waals surface area contributed by atoms with E-state index in [1.807, 2.05) is 0 Å². The molecule has 1 aliphatic heterocycles. The lowest BCUT2D eigenvalue weighted by Crippen LogP contribution is -2.27. The molecule has 136 valence electrons. The molecule has 9 heteroatoms. The van der Waals surface area contributed by atoms with Gasteiger partial charge in [0.1, 0.15) is 5.56 Å². The van der Waals surface area contributed by atoms with Gasteiger partial charge in [-0.25, -0.2) is 8.42 Å². The van der Waals surface area contributed by atoms with E-state index in [4.69, 9.17) is 0 Å². The van der Waals surface area contributed by atoms with Crippen LogP contribution in [0.4, 0.5) is 11.4 Å². The van der Waals surface area contributed by atoms with Crippen molar-refractivity contribution in [1.29, 1.82) is 0 Å². The van der Waals surface area contributed by atoms with Gasteiger partial charge in [-0.05, 0) is 43.2 Å². The summed E-state index contributed by atoms with van der Waals surface area (Å²) in [5.74, 6) is -0.632. The molecule has 1 saturated heterocycles. The Morgan fingerprint density at radius 3 is 2.27 bits per heavy atom. The SMILES string of the molecule is O=C(Nc1ccc(S(=O)(=O)N2CCCC2)cc1)c1ccccc1[N+](=O)[O-]. The molecule has 8 nitrogen and oxygen atoms in total. The lowest BCUT2D eigenvalue weighted by molar-refractivity contribution is -0.385. The van der Waals surface area contributed by atoms with Gasteiger partial charge in [-0.2, -0.15) is 4.31 Å². The van der Waals surface area contributed by atoms with Crippen LogP contribution in [0.3, 0.4) is 0 Å². The van der Waals surface area contributed by atoms with Gasteiger partial charge in [-0.1, -0.05) is 12.1 Å². The van der Waals surface area contributed by atoms with E-state index in [1.54, 1.807) is 0 Å². The van der Waals surface area contributed by atoms with Crippen molar-refractivity contribution in [1.82, 2.24) is 4.31 Å². The Hall–Kier alpha value is -2.78. The first kappa shape index (κ1) is 18.0. The highest BCUT2D eigenvalue weighted by molar-refractivity contribution is 7.89. The second-order valence-electron chi connectivity index (χ2n) is 5.86. The van der Waals surface area contributed by atoms with Crippen LogP contribution in [0.25, 0.3) is 0 Å². The van der Waals surface area contributed by atoms with Crippen LogP contribution < -0.4 is 5.32 Å². The number of para-hydroxylation sites is 1. The molecular formula is C17H17N3O5S. The van der Waals surface area contributed by atoms with E-state index in [0.29, 0.717) is 18.8 Å². The van der Waals surface area contributed by atoms with Crippen LogP contribution in [0, 0.1) is 10.1 Å². The minimum absolute atomic E-state index is 0.0636. The fourth-order valence-corrected chi connectivity index (χ4v) is 4.33. The first-order chi connectivity index (χ1) is 12.4. The standard InChI is InChI=1S/C17H17N3O5S/c21-17(15-5-1-2-6-16(15)20(22)23)18-13-7-9-14(10-8-13)26(24,25)19-11-3-4-12-19/h1-2,5-10H,3-4,11-12H2,(H,18,21).